The molecule has 2 fully saturated rings. The molecule has 71 heavy (non-hydrogen) atoms. The Labute approximate surface area is 409 Å². The predicted molar refractivity (Wildman–Crippen MR) is 255 cm³/mol. The molecule has 0 spiro atoms. The van der Waals surface area contributed by atoms with Gasteiger partial charge in [-0.05, 0) is 56.2 Å². The van der Waals surface area contributed by atoms with Gasteiger partial charge in [0.2, 0.25) is 59.1 Å². The van der Waals surface area contributed by atoms with Crippen LogP contribution in [0.4, 0.5) is 0 Å². The van der Waals surface area contributed by atoms with Gasteiger partial charge in [-0.2, -0.15) is 0 Å². The van der Waals surface area contributed by atoms with E-state index in [2.05, 4.69) is 42.2 Å². The third-order valence-corrected chi connectivity index (χ3v) is 12.8. The molecule has 0 unspecified atom stereocenters. The number of H-pyrrole nitrogens is 1. The number of amides is 10. The molecule has 3 aromatic rings. The Morgan fingerprint density at radius 1 is 0.704 bits per heavy atom. The van der Waals surface area contributed by atoms with Crippen molar-refractivity contribution in [3.05, 3.63) is 71.9 Å². The number of nitrogens with two attached hydrogens (primary N) is 2. The molecule has 5 rings (SSSR count). The number of hydrogen-bond acceptors (Lipinski definition) is 12. The molecule has 0 bridgehead atoms. The van der Waals surface area contributed by atoms with E-state index in [1.807, 2.05) is 18.2 Å². The van der Waals surface area contributed by atoms with Crippen molar-refractivity contribution in [2.24, 2.45) is 17.4 Å². The molecule has 23 nitrogen and oxygen atoms in total. The highest BCUT2D eigenvalue weighted by Crippen LogP contribution is 2.22. The van der Waals surface area contributed by atoms with Gasteiger partial charge in [0.05, 0.1) is 18.6 Å². The standard InChI is InChI=1S/C48H65N11O12/c1-5-24(2)38(56-42(65)31-17-18-37(63)52-31)46(69)57-39(25(3)60)47(70)55-33(20-27-12-7-6-8-13-27)44(67)58-40(26(4)61)48(71)59-19-11-16-35(59)45(68)54-34(22-36(49)62)43(66)53-32(41(50)64)21-28-23-51-30-15-10-9-14-29(28)30/h6-10,12-15,23-26,31-35,38-40,51,60-61H,5,11,16-22H2,1-4H3,(H2,49,62)(H2,50,64)(H,52,63)(H,53,66)(H,54,68)(H,55,70)(H,56,65)(H,57,69)(H,58,67)/t24-,25+,26+,31-,32-,33-,34-,35-,38-,39-,40-/m0/s1. The maximum atomic E-state index is 14.3. The van der Waals surface area contributed by atoms with E-state index in [1.54, 1.807) is 56.4 Å². The minimum Gasteiger partial charge on any atom is -0.391 e. The Hall–Kier alpha value is -7.40. The van der Waals surface area contributed by atoms with Gasteiger partial charge in [-0.25, -0.2) is 0 Å². The monoisotopic (exact) mass is 987 g/mol. The molecular formula is C48H65N11O12. The number of benzene rings is 2. The van der Waals surface area contributed by atoms with Crippen LogP contribution in [-0.2, 0) is 60.8 Å². The molecule has 2 aromatic carbocycles. The Morgan fingerprint density at radius 2 is 1.32 bits per heavy atom. The number of para-hydroxylation sites is 1. The molecule has 0 radical (unpaired) electrons. The highest BCUT2D eigenvalue weighted by Gasteiger charge is 2.42. The number of carbonyl (C=O) groups excluding carboxylic acids is 10. The third-order valence-electron chi connectivity index (χ3n) is 12.8. The molecule has 0 saturated carbocycles. The van der Waals surface area contributed by atoms with Gasteiger partial charge < -0.3 is 68.8 Å². The number of aliphatic hydroxyl groups is 2. The van der Waals surface area contributed by atoms with Gasteiger partial charge in [0, 0.05) is 42.9 Å². The minimum atomic E-state index is -1.70. The highest BCUT2D eigenvalue weighted by atomic mass is 16.3. The van der Waals surface area contributed by atoms with Gasteiger partial charge in [-0.1, -0.05) is 68.8 Å². The quantitative estimate of drug-likeness (QED) is 0.0437. The maximum absolute atomic E-state index is 14.3. The van der Waals surface area contributed by atoms with E-state index in [-0.39, 0.29) is 51.0 Å². The Bertz CT molecular complexity index is 2450. The number of nitrogens with one attached hydrogen (secondary N) is 8. The van der Waals surface area contributed by atoms with E-state index in [4.69, 9.17) is 11.5 Å². The molecule has 14 N–H and O–H groups in total. The molecule has 0 aliphatic carbocycles. The Kier molecular flexibility index (Phi) is 19.2. The fourth-order valence-corrected chi connectivity index (χ4v) is 8.55. The van der Waals surface area contributed by atoms with Gasteiger partial charge in [-0.3, -0.25) is 47.9 Å². The lowest BCUT2D eigenvalue weighted by molar-refractivity contribution is -0.145. The van der Waals surface area contributed by atoms with Gasteiger partial charge >= 0.3 is 0 Å². The lowest BCUT2D eigenvalue weighted by Crippen LogP contribution is -2.63. The molecule has 384 valence electrons. The predicted octanol–water partition coefficient (Wildman–Crippen LogP) is -2.70. The average Bonchev–Trinajstić information content (AvgIpc) is 4.11. The summed E-state index contributed by atoms with van der Waals surface area (Å²) in [6, 6.07) is 4.66. The zero-order valence-corrected chi connectivity index (χ0v) is 40.1. The van der Waals surface area contributed by atoms with E-state index in [9.17, 15) is 58.2 Å². The van der Waals surface area contributed by atoms with Crippen molar-refractivity contribution in [3.8, 4) is 0 Å². The van der Waals surface area contributed by atoms with Crippen molar-refractivity contribution in [1.82, 2.24) is 47.1 Å². The normalized spacial score (nSPS) is 19.3. The zero-order chi connectivity index (χ0) is 52.1. The van der Waals surface area contributed by atoms with Crippen LogP contribution in [0.2, 0.25) is 0 Å². The second-order valence-electron chi connectivity index (χ2n) is 18.2. The number of nitrogens with zero attached hydrogens (tertiary/aromatic N) is 1. The fourth-order valence-electron chi connectivity index (χ4n) is 8.55. The van der Waals surface area contributed by atoms with Crippen LogP contribution in [0, 0.1) is 5.92 Å². The highest BCUT2D eigenvalue weighted by molar-refractivity contribution is 6.00. The van der Waals surface area contributed by atoms with Crippen molar-refractivity contribution < 1.29 is 58.2 Å². The third kappa shape index (κ3) is 14.6. The zero-order valence-electron chi connectivity index (χ0n) is 40.1. The summed E-state index contributed by atoms with van der Waals surface area (Å²) < 4.78 is 0. The van der Waals surface area contributed by atoms with Gasteiger partial charge in [-0.15, -0.1) is 0 Å². The number of hydrogen-bond donors (Lipinski definition) is 12. The smallest absolute Gasteiger partial charge is 0.248 e. The average molecular weight is 988 g/mol. The molecule has 2 saturated heterocycles. The first-order chi connectivity index (χ1) is 33.7. The molecule has 10 amide bonds. The molecule has 23 heteroatoms. The molecule has 2 aliphatic rings. The topological polar surface area (TPSA) is 366 Å². The summed E-state index contributed by atoms with van der Waals surface area (Å²) in [5.74, 6) is -8.74. The SMILES string of the molecule is CC[C@H](C)[C@H](NC(=O)[C@@H]1CCC(=O)N1)C(=O)N[C@H](C(=O)N[C@@H](Cc1ccccc1)C(=O)N[C@H](C(=O)N1CCC[C@H]1C(=O)N[C@@H](CC(N)=O)C(=O)N[C@@H](Cc1c[nH]c2ccccc12)C(N)=O)[C@@H](C)O)[C@@H](C)O. The number of fused-ring (bicyclic) bond motifs is 1. The maximum Gasteiger partial charge on any atom is 0.248 e. The molecular weight excluding hydrogens is 923 g/mol. The molecule has 11 atom stereocenters. The van der Waals surface area contributed by atoms with E-state index in [1.165, 1.54) is 13.8 Å². The number of aromatic nitrogens is 1. The number of primary amides is 2. The van der Waals surface area contributed by atoms with Crippen molar-refractivity contribution in [3.63, 3.8) is 0 Å². The minimum absolute atomic E-state index is 0.0234. The molecule has 2 aliphatic heterocycles. The number of rotatable bonds is 24. The largest absolute Gasteiger partial charge is 0.391 e. The summed E-state index contributed by atoms with van der Waals surface area (Å²) in [6.07, 6.45) is -1.19. The van der Waals surface area contributed by atoms with E-state index in [0.717, 1.165) is 15.8 Å². The van der Waals surface area contributed by atoms with Crippen LogP contribution in [0.1, 0.15) is 77.3 Å². The summed E-state index contributed by atoms with van der Waals surface area (Å²) >= 11 is 0. The Balaban J connectivity index is 1.30. The van der Waals surface area contributed by atoms with E-state index in [0.29, 0.717) is 17.5 Å². The summed E-state index contributed by atoms with van der Waals surface area (Å²) in [4.78, 5) is 138. The number of aromatic amines is 1. The lowest BCUT2D eigenvalue weighted by atomic mass is 9.97. The van der Waals surface area contributed by atoms with Gasteiger partial charge in [0.25, 0.3) is 0 Å². The van der Waals surface area contributed by atoms with Crippen molar-refractivity contribution in [2.45, 2.75) is 140 Å². The first-order valence-electron chi connectivity index (χ1n) is 23.6. The van der Waals surface area contributed by atoms with E-state index >= 15 is 0 Å². The summed E-state index contributed by atoms with van der Waals surface area (Å²) in [5.41, 5.74) is 13.1. The van der Waals surface area contributed by atoms with Crippen LogP contribution in [0.5, 0.6) is 0 Å². The van der Waals surface area contributed by atoms with E-state index < -0.39 is 126 Å². The van der Waals surface area contributed by atoms with Crippen LogP contribution in [0.15, 0.2) is 60.8 Å². The second-order valence-corrected chi connectivity index (χ2v) is 18.2. The summed E-state index contributed by atoms with van der Waals surface area (Å²) in [6.45, 7) is 5.92. The van der Waals surface area contributed by atoms with Crippen LogP contribution in [0.25, 0.3) is 10.9 Å². The van der Waals surface area contributed by atoms with Gasteiger partial charge in [0.15, 0.2) is 0 Å². The second kappa shape index (κ2) is 24.9. The van der Waals surface area contributed by atoms with Crippen molar-refractivity contribution >= 4 is 70.0 Å². The fraction of sp³-hybridized carbons (Fsp3) is 0.500. The van der Waals surface area contributed by atoms with Crippen LogP contribution in [0.3, 0.4) is 0 Å². The van der Waals surface area contributed by atoms with Crippen LogP contribution < -0.4 is 48.7 Å². The number of likely N-dealkylation sites (tertiary alicyclic amines) is 1. The summed E-state index contributed by atoms with van der Waals surface area (Å²) in [5, 5.41) is 40.2. The first-order valence-corrected chi connectivity index (χ1v) is 23.6. The number of aliphatic hydroxyl groups excluding tert-OH is 2. The first kappa shape index (κ1) is 54.5. The van der Waals surface area contributed by atoms with Gasteiger partial charge in [0.1, 0.15) is 48.3 Å². The number of carbonyl (C=O) groups is 10. The van der Waals surface area contributed by atoms with Crippen LogP contribution >= 0.6 is 0 Å². The Morgan fingerprint density at radius 3 is 1.94 bits per heavy atom. The summed E-state index contributed by atoms with van der Waals surface area (Å²) in [7, 11) is 0. The lowest BCUT2D eigenvalue weighted by Gasteiger charge is -2.32. The molecule has 1 aromatic heterocycles. The molecule has 3 heterocycles. The van der Waals surface area contributed by atoms with Crippen molar-refractivity contribution in [1.29, 1.82) is 0 Å². The van der Waals surface area contributed by atoms with Crippen molar-refractivity contribution in [2.75, 3.05) is 6.54 Å². The van der Waals surface area contributed by atoms with Crippen LogP contribution in [-0.4, -0.2) is 146 Å².